The molecular formula is C10H22N2. The predicted octanol–water partition coefficient (Wildman–Crippen LogP) is 1.28. The Morgan fingerprint density at radius 3 is 2.42 bits per heavy atom. The zero-order chi connectivity index (χ0) is 9.19. The largest absolute Gasteiger partial charge is 0.309 e. The van der Waals surface area contributed by atoms with Crippen LogP contribution in [-0.2, 0) is 0 Å². The zero-order valence-electron chi connectivity index (χ0n) is 8.93. The van der Waals surface area contributed by atoms with E-state index in [0.29, 0.717) is 5.41 Å². The van der Waals surface area contributed by atoms with Crippen molar-refractivity contribution in [2.24, 2.45) is 5.41 Å². The highest BCUT2D eigenvalue weighted by Gasteiger charge is 2.35. The van der Waals surface area contributed by atoms with Crippen LogP contribution in [0.25, 0.3) is 0 Å². The highest BCUT2D eigenvalue weighted by atomic mass is 15.2. The number of hydrogen-bond donors (Lipinski definition) is 0. The first-order valence-corrected chi connectivity index (χ1v) is 4.91. The maximum atomic E-state index is 2.45. The summed E-state index contributed by atoms with van der Waals surface area (Å²) in [6.07, 6.45) is 2.69. The molecule has 0 radical (unpaired) electrons. The summed E-state index contributed by atoms with van der Waals surface area (Å²) in [6.45, 7) is 6.12. The van der Waals surface area contributed by atoms with E-state index in [2.05, 4.69) is 37.9 Å². The SMILES string of the molecule is CCC1(CN(C)C)CCN(C)C1. The van der Waals surface area contributed by atoms with Crippen LogP contribution >= 0.6 is 0 Å². The standard InChI is InChI=1S/C10H22N2/c1-5-10(8-11(2)3)6-7-12(4)9-10/h5-9H2,1-4H3. The Morgan fingerprint density at radius 2 is 2.08 bits per heavy atom. The van der Waals surface area contributed by atoms with E-state index < -0.39 is 0 Å². The molecule has 0 N–H and O–H groups in total. The zero-order valence-corrected chi connectivity index (χ0v) is 8.93. The molecule has 2 nitrogen and oxygen atoms in total. The molecule has 0 bridgehead atoms. The van der Waals surface area contributed by atoms with Gasteiger partial charge in [0.15, 0.2) is 0 Å². The molecule has 12 heavy (non-hydrogen) atoms. The maximum absolute atomic E-state index is 2.45. The van der Waals surface area contributed by atoms with Gasteiger partial charge in [-0.3, -0.25) is 0 Å². The van der Waals surface area contributed by atoms with Crippen molar-refractivity contribution in [3.05, 3.63) is 0 Å². The van der Waals surface area contributed by atoms with Gasteiger partial charge in [-0.15, -0.1) is 0 Å². The van der Waals surface area contributed by atoms with Gasteiger partial charge >= 0.3 is 0 Å². The molecule has 0 amide bonds. The van der Waals surface area contributed by atoms with Crippen LogP contribution in [-0.4, -0.2) is 50.6 Å². The van der Waals surface area contributed by atoms with Crippen molar-refractivity contribution in [1.29, 1.82) is 0 Å². The third-order valence-corrected chi connectivity index (χ3v) is 3.03. The summed E-state index contributed by atoms with van der Waals surface area (Å²) in [7, 11) is 6.58. The van der Waals surface area contributed by atoms with E-state index in [-0.39, 0.29) is 0 Å². The fourth-order valence-electron chi connectivity index (χ4n) is 2.36. The molecule has 1 aliphatic rings. The van der Waals surface area contributed by atoms with Gasteiger partial charge in [0.25, 0.3) is 0 Å². The average molecular weight is 170 g/mol. The molecule has 1 aliphatic heterocycles. The lowest BCUT2D eigenvalue weighted by molar-refractivity contribution is 0.193. The predicted molar refractivity (Wildman–Crippen MR) is 53.4 cm³/mol. The molecule has 1 atom stereocenters. The van der Waals surface area contributed by atoms with E-state index in [0.717, 1.165) is 0 Å². The highest BCUT2D eigenvalue weighted by Crippen LogP contribution is 2.33. The van der Waals surface area contributed by atoms with Crippen LogP contribution in [0.3, 0.4) is 0 Å². The highest BCUT2D eigenvalue weighted by molar-refractivity contribution is 4.89. The lowest BCUT2D eigenvalue weighted by Gasteiger charge is -2.30. The first kappa shape index (κ1) is 10.0. The molecule has 0 saturated carbocycles. The van der Waals surface area contributed by atoms with Crippen LogP contribution in [0, 0.1) is 5.41 Å². The Bertz CT molecular complexity index is 145. The average Bonchev–Trinajstić information content (AvgIpc) is 2.32. The minimum Gasteiger partial charge on any atom is -0.309 e. The molecule has 1 heterocycles. The second kappa shape index (κ2) is 3.75. The quantitative estimate of drug-likeness (QED) is 0.629. The summed E-state index contributed by atoms with van der Waals surface area (Å²) < 4.78 is 0. The van der Waals surface area contributed by atoms with Crippen molar-refractivity contribution in [3.8, 4) is 0 Å². The van der Waals surface area contributed by atoms with Crippen LogP contribution < -0.4 is 0 Å². The van der Waals surface area contributed by atoms with Crippen molar-refractivity contribution < 1.29 is 0 Å². The van der Waals surface area contributed by atoms with Crippen LogP contribution in [0.5, 0.6) is 0 Å². The molecule has 0 aromatic rings. The summed E-state index contributed by atoms with van der Waals surface area (Å²) in [4.78, 5) is 4.77. The number of rotatable bonds is 3. The molecular weight excluding hydrogens is 148 g/mol. The normalized spacial score (nSPS) is 31.8. The molecule has 72 valence electrons. The van der Waals surface area contributed by atoms with Crippen molar-refractivity contribution in [2.45, 2.75) is 19.8 Å². The lowest BCUT2D eigenvalue weighted by atomic mass is 9.84. The second-order valence-corrected chi connectivity index (χ2v) is 4.58. The summed E-state index contributed by atoms with van der Waals surface area (Å²) in [5.41, 5.74) is 0.582. The van der Waals surface area contributed by atoms with Gasteiger partial charge in [0.1, 0.15) is 0 Å². The summed E-state index contributed by atoms with van der Waals surface area (Å²) in [6, 6.07) is 0. The Kier molecular flexibility index (Phi) is 3.13. The van der Waals surface area contributed by atoms with Crippen LogP contribution in [0.2, 0.25) is 0 Å². The van der Waals surface area contributed by atoms with Crippen LogP contribution in [0.1, 0.15) is 19.8 Å². The van der Waals surface area contributed by atoms with E-state index in [9.17, 15) is 0 Å². The Morgan fingerprint density at radius 1 is 1.42 bits per heavy atom. The van der Waals surface area contributed by atoms with Crippen LogP contribution in [0.4, 0.5) is 0 Å². The maximum Gasteiger partial charge on any atom is 0.00476 e. The second-order valence-electron chi connectivity index (χ2n) is 4.58. The summed E-state index contributed by atoms with van der Waals surface area (Å²) in [5, 5.41) is 0. The molecule has 0 aliphatic carbocycles. The van der Waals surface area contributed by atoms with Gasteiger partial charge in [-0.05, 0) is 45.9 Å². The minimum absolute atomic E-state index is 0.582. The Hall–Kier alpha value is -0.0800. The van der Waals surface area contributed by atoms with Crippen molar-refractivity contribution >= 4 is 0 Å². The molecule has 0 aromatic carbocycles. The van der Waals surface area contributed by atoms with Gasteiger partial charge in [0.2, 0.25) is 0 Å². The fraction of sp³-hybridized carbons (Fsp3) is 1.00. The van der Waals surface area contributed by atoms with E-state index in [1.165, 1.54) is 32.5 Å². The summed E-state index contributed by atoms with van der Waals surface area (Å²) in [5.74, 6) is 0. The Labute approximate surface area is 76.5 Å². The van der Waals surface area contributed by atoms with Gasteiger partial charge in [0.05, 0.1) is 0 Å². The van der Waals surface area contributed by atoms with E-state index in [1.807, 2.05) is 0 Å². The van der Waals surface area contributed by atoms with E-state index in [1.54, 1.807) is 0 Å². The first-order valence-electron chi connectivity index (χ1n) is 4.91. The minimum atomic E-state index is 0.582. The molecule has 1 unspecified atom stereocenters. The van der Waals surface area contributed by atoms with Gasteiger partial charge in [-0.2, -0.15) is 0 Å². The lowest BCUT2D eigenvalue weighted by Crippen LogP contribution is -2.35. The topological polar surface area (TPSA) is 6.48 Å². The first-order chi connectivity index (χ1) is 5.58. The van der Waals surface area contributed by atoms with Gasteiger partial charge in [-0.25, -0.2) is 0 Å². The third kappa shape index (κ3) is 2.20. The monoisotopic (exact) mass is 170 g/mol. The van der Waals surface area contributed by atoms with Crippen molar-refractivity contribution in [2.75, 3.05) is 40.8 Å². The molecule has 0 spiro atoms. The van der Waals surface area contributed by atoms with Gasteiger partial charge in [-0.1, -0.05) is 6.92 Å². The Balaban J connectivity index is 2.52. The molecule has 0 aromatic heterocycles. The summed E-state index contributed by atoms with van der Waals surface area (Å²) >= 11 is 0. The van der Waals surface area contributed by atoms with Crippen molar-refractivity contribution in [3.63, 3.8) is 0 Å². The van der Waals surface area contributed by atoms with E-state index >= 15 is 0 Å². The molecule has 1 saturated heterocycles. The fourth-order valence-corrected chi connectivity index (χ4v) is 2.36. The van der Waals surface area contributed by atoms with E-state index in [4.69, 9.17) is 0 Å². The molecule has 1 rings (SSSR count). The van der Waals surface area contributed by atoms with Gasteiger partial charge in [0, 0.05) is 13.1 Å². The van der Waals surface area contributed by atoms with Gasteiger partial charge < -0.3 is 9.80 Å². The number of hydrogen-bond acceptors (Lipinski definition) is 2. The van der Waals surface area contributed by atoms with Crippen molar-refractivity contribution in [1.82, 2.24) is 9.80 Å². The van der Waals surface area contributed by atoms with Crippen LogP contribution in [0.15, 0.2) is 0 Å². The number of likely N-dealkylation sites (tertiary alicyclic amines) is 1. The smallest absolute Gasteiger partial charge is 0.00476 e. The number of nitrogens with zero attached hydrogens (tertiary/aromatic N) is 2. The molecule has 2 heteroatoms. The molecule has 1 fully saturated rings. The third-order valence-electron chi connectivity index (χ3n) is 3.03.